The maximum atomic E-state index is 14.0. The zero-order valence-electron chi connectivity index (χ0n) is 27.7. The van der Waals surface area contributed by atoms with Gasteiger partial charge in [-0.1, -0.05) is 41.5 Å². The molecule has 0 aliphatic carbocycles. The highest BCUT2D eigenvalue weighted by Gasteiger charge is 2.47. The van der Waals surface area contributed by atoms with Gasteiger partial charge in [-0.25, -0.2) is 0 Å². The SMILES string of the molecule is Cc1cc(C)cc(-c2[nH]c3ccc(C(C)(C)C(=O)N4C5CCC4CC5)cc3c2CCNC(C)(C)/C=C/C(O)c2cccnc2)c1. The van der Waals surface area contributed by atoms with E-state index in [1.54, 1.807) is 12.4 Å². The van der Waals surface area contributed by atoms with Gasteiger partial charge in [-0.05, 0) is 121 Å². The van der Waals surface area contributed by atoms with Crippen molar-refractivity contribution in [3.63, 3.8) is 0 Å². The van der Waals surface area contributed by atoms with Crippen LogP contribution in [-0.2, 0) is 16.6 Å². The summed E-state index contributed by atoms with van der Waals surface area (Å²) in [6.45, 7) is 13.5. The van der Waals surface area contributed by atoms with Gasteiger partial charge in [0, 0.05) is 58.7 Å². The molecule has 1 atom stereocenters. The molecule has 1 unspecified atom stereocenters. The molecule has 2 aromatic heterocycles. The third-order valence-corrected chi connectivity index (χ3v) is 10.0. The van der Waals surface area contributed by atoms with Crippen LogP contribution in [0.25, 0.3) is 22.2 Å². The van der Waals surface area contributed by atoms with E-state index in [0.717, 1.165) is 61.0 Å². The van der Waals surface area contributed by atoms with Crippen molar-refractivity contribution in [3.8, 4) is 11.3 Å². The molecular weight excluding hydrogens is 556 g/mol. The topological polar surface area (TPSA) is 81.2 Å². The van der Waals surface area contributed by atoms with Crippen molar-refractivity contribution in [3.05, 3.63) is 101 Å². The minimum atomic E-state index is -0.704. The van der Waals surface area contributed by atoms with Gasteiger partial charge >= 0.3 is 0 Å². The molecule has 0 spiro atoms. The highest BCUT2D eigenvalue weighted by molar-refractivity contribution is 5.94. The first-order valence-electron chi connectivity index (χ1n) is 16.5. The monoisotopic (exact) mass is 604 g/mol. The Hall–Kier alpha value is -3.74. The van der Waals surface area contributed by atoms with Crippen molar-refractivity contribution in [2.75, 3.05) is 6.54 Å². The zero-order chi connectivity index (χ0) is 31.9. The Morgan fingerprint density at radius 1 is 1.04 bits per heavy atom. The number of H-pyrrole nitrogens is 1. The zero-order valence-corrected chi connectivity index (χ0v) is 27.7. The maximum Gasteiger partial charge on any atom is 0.233 e. The van der Waals surface area contributed by atoms with Gasteiger partial charge in [-0.3, -0.25) is 9.78 Å². The number of carbonyl (C=O) groups excluding carboxylic acids is 1. The van der Waals surface area contributed by atoms with Crippen LogP contribution in [0, 0.1) is 13.8 Å². The molecule has 4 heterocycles. The molecule has 6 nitrogen and oxygen atoms in total. The van der Waals surface area contributed by atoms with E-state index < -0.39 is 11.5 Å². The molecule has 4 aromatic rings. The highest BCUT2D eigenvalue weighted by atomic mass is 16.3. The minimum absolute atomic E-state index is 0.266. The largest absolute Gasteiger partial charge is 0.384 e. The molecule has 0 radical (unpaired) electrons. The lowest BCUT2D eigenvalue weighted by molar-refractivity contribution is -0.137. The number of pyridine rings is 1. The van der Waals surface area contributed by atoms with Crippen LogP contribution in [-0.4, -0.2) is 50.0 Å². The minimum Gasteiger partial charge on any atom is -0.384 e. The van der Waals surface area contributed by atoms with Crippen LogP contribution < -0.4 is 5.32 Å². The summed E-state index contributed by atoms with van der Waals surface area (Å²) >= 11 is 0. The third kappa shape index (κ3) is 6.36. The maximum absolute atomic E-state index is 14.0. The summed E-state index contributed by atoms with van der Waals surface area (Å²) < 4.78 is 0. The summed E-state index contributed by atoms with van der Waals surface area (Å²) in [5.41, 5.74) is 8.04. The lowest BCUT2D eigenvalue weighted by Gasteiger charge is -2.33. The van der Waals surface area contributed by atoms with Gasteiger partial charge in [-0.2, -0.15) is 0 Å². The summed E-state index contributed by atoms with van der Waals surface area (Å²) in [4.78, 5) is 24.1. The molecule has 2 aliphatic heterocycles. The third-order valence-electron chi connectivity index (χ3n) is 10.0. The number of hydrogen-bond acceptors (Lipinski definition) is 4. The number of aliphatic hydroxyl groups excluding tert-OH is 1. The summed E-state index contributed by atoms with van der Waals surface area (Å²) in [6, 6.07) is 17.8. The molecule has 2 aliphatic rings. The van der Waals surface area contributed by atoms with Gasteiger partial charge in [-0.15, -0.1) is 0 Å². The molecule has 2 bridgehead atoms. The van der Waals surface area contributed by atoms with Crippen LogP contribution in [0.5, 0.6) is 0 Å². The number of nitrogens with one attached hydrogen (secondary N) is 2. The lowest BCUT2D eigenvalue weighted by Crippen LogP contribution is -2.45. The number of rotatable bonds is 10. The van der Waals surface area contributed by atoms with Crippen molar-refractivity contribution < 1.29 is 9.90 Å². The van der Waals surface area contributed by atoms with E-state index in [4.69, 9.17) is 0 Å². The summed E-state index contributed by atoms with van der Waals surface area (Å²) in [5, 5.41) is 15.5. The fourth-order valence-corrected chi connectivity index (χ4v) is 7.51. The van der Waals surface area contributed by atoms with Crippen molar-refractivity contribution in [1.29, 1.82) is 0 Å². The van der Waals surface area contributed by atoms with E-state index in [2.05, 4.69) is 98.1 Å². The predicted molar refractivity (Wildman–Crippen MR) is 183 cm³/mol. The van der Waals surface area contributed by atoms with E-state index in [0.29, 0.717) is 12.1 Å². The standard InChI is InChI=1S/C39H48N4O2/c1-25-20-26(2)22-28(21-25)36-32(16-19-41-38(3,4)17-15-35(44)27-8-7-18-40-24-27)33-23-29(9-14-34(33)42-36)39(5,6)37(45)43-30-10-11-31(43)13-12-30/h7-9,14-15,17-18,20-24,30-31,35,41-42,44H,10-13,16,19H2,1-6H3/b17-15+. The van der Waals surface area contributed by atoms with Crippen LogP contribution in [0.15, 0.2) is 73.1 Å². The Labute approximate surface area is 268 Å². The quantitative estimate of drug-likeness (QED) is 0.164. The van der Waals surface area contributed by atoms with Crippen molar-refractivity contribution in [2.24, 2.45) is 0 Å². The number of benzene rings is 2. The Bertz CT molecular complexity index is 1680. The van der Waals surface area contributed by atoms with E-state index in [1.807, 2.05) is 24.3 Å². The molecule has 3 N–H and O–H groups in total. The van der Waals surface area contributed by atoms with Crippen LogP contribution in [0.1, 0.15) is 87.3 Å². The second-order valence-corrected chi connectivity index (χ2v) is 14.4. The number of aliphatic hydroxyl groups is 1. The molecule has 236 valence electrons. The molecule has 6 heteroatoms. The number of aromatic amines is 1. The van der Waals surface area contributed by atoms with E-state index in [-0.39, 0.29) is 11.4 Å². The van der Waals surface area contributed by atoms with Gasteiger partial charge in [0.15, 0.2) is 0 Å². The van der Waals surface area contributed by atoms with E-state index in [9.17, 15) is 9.90 Å². The van der Waals surface area contributed by atoms with Crippen molar-refractivity contribution in [2.45, 2.75) is 103 Å². The highest BCUT2D eigenvalue weighted by Crippen LogP contribution is 2.42. The van der Waals surface area contributed by atoms with Crippen LogP contribution in [0.4, 0.5) is 0 Å². The van der Waals surface area contributed by atoms with Gasteiger partial charge in [0.25, 0.3) is 0 Å². The molecule has 2 aromatic carbocycles. The van der Waals surface area contributed by atoms with Crippen LogP contribution >= 0.6 is 0 Å². The second-order valence-electron chi connectivity index (χ2n) is 14.4. The fraction of sp³-hybridized carbons (Fsp3) is 0.436. The summed E-state index contributed by atoms with van der Waals surface area (Å²) in [7, 11) is 0. The Balaban J connectivity index is 1.29. The average Bonchev–Trinajstić information content (AvgIpc) is 3.72. The molecule has 2 saturated heterocycles. The van der Waals surface area contributed by atoms with Crippen molar-refractivity contribution in [1.82, 2.24) is 20.2 Å². The molecule has 6 rings (SSSR count). The number of carbonyl (C=O) groups is 1. The van der Waals surface area contributed by atoms with E-state index >= 15 is 0 Å². The van der Waals surface area contributed by atoms with Gasteiger partial charge in [0.1, 0.15) is 0 Å². The first-order chi connectivity index (χ1) is 21.4. The molecular formula is C39H48N4O2. The smallest absolute Gasteiger partial charge is 0.233 e. The number of amides is 1. The molecule has 1 amide bonds. The number of nitrogens with zero attached hydrogens (tertiary/aromatic N) is 2. The summed E-state index contributed by atoms with van der Waals surface area (Å²) in [6.07, 6.45) is 11.9. The Morgan fingerprint density at radius 2 is 1.73 bits per heavy atom. The van der Waals surface area contributed by atoms with E-state index in [1.165, 1.54) is 27.6 Å². The number of aryl methyl sites for hydroxylation is 2. The first-order valence-corrected chi connectivity index (χ1v) is 16.5. The van der Waals surface area contributed by atoms with Crippen molar-refractivity contribution >= 4 is 16.8 Å². The van der Waals surface area contributed by atoms with Crippen LogP contribution in [0.3, 0.4) is 0 Å². The fourth-order valence-electron chi connectivity index (χ4n) is 7.51. The molecule has 2 fully saturated rings. The Morgan fingerprint density at radius 3 is 2.38 bits per heavy atom. The molecule has 0 saturated carbocycles. The van der Waals surface area contributed by atoms with Gasteiger partial charge in [0.05, 0.1) is 11.5 Å². The van der Waals surface area contributed by atoms with Crippen LogP contribution in [0.2, 0.25) is 0 Å². The summed E-state index contributed by atoms with van der Waals surface area (Å²) in [5.74, 6) is 0.266. The number of aromatic nitrogens is 2. The first kappa shape index (κ1) is 31.3. The molecule has 45 heavy (non-hydrogen) atoms. The number of hydrogen-bond donors (Lipinski definition) is 3. The second kappa shape index (κ2) is 12.2. The van der Waals surface area contributed by atoms with Gasteiger partial charge in [0.2, 0.25) is 5.91 Å². The predicted octanol–water partition coefficient (Wildman–Crippen LogP) is 7.48. The average molecular weight is 605 g/mol. The normalized spacial score (nSPS) is 19.2. The van der Waals surface area contributed by atoms with Gasteiger partial charge < -0.3 is 20.3 Å². The number of fused-ring (bicyclic) bond motifs is 3. The Kier molecular flexibility index (Phi) is 8.49. The lowest BCUT2D eigenvalue weighted by atomic mass is 9.82.